The maximum atomic E-state index is 12.2. The Morgan fingerprint density at radius 3 is 2.57 bits per heavy atom. The van der Waals surface area contributed by atoms with E-state index in [2.05, 4.69) is 5.32 Å². The average Bonchev–Trinajstić information content (AvgIpc) is 2.99. The number of carbonyl (C=O) groups excluding carboxylic acids is 2. The van der Waals surface area contributed by atoms with Gasteiger partial charge in [-0.15, -0.1) is 0 Å². The van der Waals surface area contributed by atoms with Crippen LogP contribution in [-0.2, 0) is 11.3 Å². The number of hydrogen-bond acceptors (Lipinski definition) is 4. The van der Waals surface area contributed by atoms with E-state index in [0.717, 1.165) is 12.8 Å². The highest BCUT2D eigenvalue weighted by molar-refractivity contribution is 5.89. The molecule has 1 aromatic heterocycles. The summed E-state index contributed by atoms with van der Waals surface area (Å²) in [5.41, 5.74) is 4.47. The first-order chi connectivity index (χ1) is 11.0. The van der Waals surface area contributed by atoms with Crippen molar-refractivity contribution in [2.45, 2.75) is 57.1 Å². The molecule has 0 radical (unpaired) electrons. The van der Waals surface area contributed by atoms with E-state index in [0.29, 0.717) is 24.5 Å². The molecule has 0 spiro atoms. The molecule has 0 atom stereocenters. The first-order valence-corrected chi connectivity index (χ1v) is 8.36. The molecule has 1 heterocycles. The van der Waals surface area contributed by atoms with E-state index in [-0.39, 0.29) is 24.1 Å². The number of hydrogen-bond donors (Lipinski definition) is 3. The van der Waals surface area contributed by atoms with Gasteiger partial charge in [0.15, 0.2) is 5.76 Å². The fourth-order valence-electron chi connectivity index (χ4n) is 3.88. The molecule has 1 aromatic rings. The van der Waals surface area contributed by atoms with Crippen LogP contribution in [-0.4, -0.2) is 22.5 Å². The predicted molar refractivity (Wildman–Crippen MR) is 83.3 cm³/mol. The zero-order chi connectivity index (χ0) is 16.4. The van der Waals surface area contributed by atoms with E-state index in [9.17, 15) is 14.7 Å². The van der Waals surface area contributed by atoms with Crippen molar-refractivity contribution >= 4 is 11.8 Å². The lowest BCUT2D eigenvalue weighted by molar-refractivity contribution is -0.154. The van der Waals surface area contributed by atoms with Gasteiger partial charge in [-0.25, -0.2) is 0 Å². The van der Waals surface area contributed by atoms with Gasteiger partial charge in [-0.2, -0.15) is 0 Å². The Balaban J connectivity index is 1.45. The Kier molecular flexibility index (Phi) is 4.43. The van der Waals surface area contributed by atoms with Gasteiger partial charge < -0.3 is 20.6 Å². The average molecular weight is 320 g/mol. The van der Waals surface area contributed by atoms with Crippen LogP contribution in [0.2, 0.25) is 0 Å². The Bertz CT molecular complexity index is 583. The second-order valence-corrected chi connectivity index (χ2v) is 6.89. The number of nitrogens with two attached hydrogens (primary N) is 1. The van der Waals surface area contributed by atoms with Crippen LogP contribution < -0.4 is 11.1 Å². The summed E-state index contributed by atoms with van der Waals surface area (Å²) in [7, 11) is 0. The van der Waals surface area contributed by atoms with Crippen molar-refractivity contribution in [3.63, 3.8) is 0 Å². The maximum absolute atomic E-state index is 12.2. The molecule has 0 unspecified atom stereocenters. The number of furan rings is 1. The second kappa shape index (κ2) is 6.35. The summed E-state index contributed by atoms with van der Waals surface area (Å²) in [6.45, 7) is 0.227. The minimum Gasteiger partial charge on any atom is -0.454 e. The molecule has 2 amide bonds. The SMILES string of the molecule is NC(=O)c1ccc(CNC(=O)C2CC(O)(C3CCCCC3)C2)o1. The van der Waals surface area contributed by atoms with E-state index in [1.807, 2.05) is 0 Å². The maximum Gasteiger partial charge on any atom is 0.284 e. The molecule has 2 saturated carbocycles. The van der Waals surface area contributed by atoms with Crippen molar-refractivity contribution in [3.8, 4) is 0 Å². The van der Waals surface area contributed by atoms with E-state index in [1.165, 1.54) is 25.3 Å². The monoisotopic (exact) mass is 320 g/mol. The van der Waals surface area contributed by atoms with Crippen molar-refractivity contribution in [2.24, 2.45) is 17.6 Å². The van der Waals surface area contributed by atoms with Gasteiger partial charge in [0.2, 0.25) is 5.91 Å². The zero-order valence-electron chi connectivity index (χ0n) is 13.2. The minimum atomic E-state index is -0.647. The third-order valence-corrected chi connectivity index (χ3v) is 5.28. The van der Waals surface area contributed by atoms with Crippen LogP contribution >= 0.6 is 0 Å². The van der Waals surface area contributed by atoms with Gasteiger partial charge in [-0.3, -0.25) is 9.59 Å². The van der Waals surface area contributed by atoms with Gasteiger partial charge in [0.1, 0.15) is 5.76 Å². The molecule has 0 aromatic carbocycles. The van der Waals surface area contributed by atoms with Crippen LogP contribution in [0.1, 0.15) is 61.3 Å². The Morgan fingerprint density at radius 1 is 1.26 bits per heavy atom. The number of amides is 2. The minimum absolute atomic E-state index is 0.0671. The highest BCUT2D eigenvalue weighted by atomic mass is 16.4. The highest BCUT2D eigenvalue weighted by Gasteiger charge is 2.50. The summed E-state index contributed by atoms with van der Waals surface area (Å²) in [5.74, 6) is 0.108. The normalized spacial score (nSPS) is 28.1. The number of aliphatic hydroxyl groups is 1. The van der Waals surface area contributed by atoms with Crippen LogP contribution in [0, 0.1) is 11.8 Å². The molecule has 126 valence electrons. The van der Waals surface area contributed by atoms with E-state index >= 15 is 0 Å². The van der Waals surface area contributed by atoms with Crippen LogP contribution in [0.4, 0.5) is 0 Å². The molecule has 3 rings (SSSR count). The van der Waals surface area contributed by atoms with Crippen molar-refractivity contribution in [1.29, 1.82) is 0 Å². The smallest absolute Gasteiger partial charge is 0.284 e. The second-order valence-electron chi connectivity index (χ2n) is 6.89. The summed E-state index contributed by atoms with van der Waals surface area (Å²) in [6.07, 6.45) is 6.88. The molecule has 4 N–H and O–H groups in total. The van der Waals surface area contributed by atoms with Crippen molar-refractivity contribution in [2.75, 3.05) is 0 Å². The Hall–Kier alpha value is -1.82. The third-order valence-electron chi connectivity index (χ3n) is 5.28. The quantitative estimate of drug-likeness (QED) is 0.768. The Labute approximate surface area is 135 Å². The van der Waals surface area contributed by atoms with E-state index < -0.39 is 11.5 Å². The van der Waals surface area contributed by atoms with Gasteiger partial charge in [0.25, 0.3) is 5.91 Å². The predicted octanol–water partition coefficient (Wildman–Crippen LogP) is 1.72. The Morgan fingerprint density at radius 2 is 1.96 bits per heavy atom. The number of carbonyl (C=O) groups is 2. The molecule has 23 heavy (non-hydrogen) atoms. The lowest BCUT2D eigenvalue weighted by Crippen LogP contribution is -2.54. The molecule has 2 aliphatic carbocycles. The van der Waals surface area contributed by atoms with E-state index in [1.54, 1.807) is 6.07 Å². The van der Waals surface area contributed by atoms with Gasteiger partial charge in [0, 0.05) is 5.92 Å². The first-order valence-electron chi connectivity index (χ1n) is 8.36. The van der Waals surface area contributed by atoms with Crippen LogP contribution in [0.15, 0.2) is 16.5 Å². The molecule has 6 nitrogen and oxygen atoms in total. The van der Waals surface area contributed by atoms with Gasteiger partial charge in [-0.1, -0.05) is 19.3 Å². The van der Waals surface area contributed by atoms with Crippen molar-refractivity contribution < 1.29 is 19.1 Å². The standard InChI is InChI=1S/C17H24N2O4/c18-15(20)14-7-6-13(23-14)10-19-16(21)11-8-17(22,9-11)12-4-2-1-3-5-12/h6-7,11-12,22H,1-5,8-10H2,(H2,18,20)(H,19,21). The molecule has 0 bridgehead atoms. The largest absolute Gasteiger partial charge is 0.454 e. The van der Waals surface area contributed by atoms with Crippen molar-refractivity contribution in [3.05, 3.63) is 23.7 Å². The fourth-order valence-corrected chi connectivity index (χ4v) is 3.88. The molecule has 0 aliphatic heterocycles. The van der Waals surface area contributed by atoms with Gasteiger partial charge in [-0.05, 0) is 43.7 Å². The molecule has 6 heteroatoms. The van der Waals surface area contributed by atoms with Crippen LogP contribution in [0.25, 0.3) is 0 Å². The molecule has 2 fully saturated rings. The van der Waals surface area contributed by atoms with Crippen LogP contribution in [0.5, 0.6) is 0 Å². The summed E-state index contributed by atoms with van der Waals surface area (Å²) in [6, 6.07) is 3.12. The summed E-state index contributed by atoms with van der Waals surface area (Å²) < 4.78 is 5.22. The van der Waals surface area contributed by atoms with Crippen molar-refractivity contribution in [1.82, 2.24) is 5.32 Å². The van der Waals surface area contributed by atoms with Gasteiger partial charge >= 0.3 is 0 Å². The lowest BCUT2D eigenvalue weighted by Gasteiger charge is -2.49. The summed E-state index contributed by atoms with van der Waals surface area (Å²) in [5, 5.41) is 13.5. The molecular weight excluding hydrogens is 296 g/mol. The van der Waals surface area contributed by atoms with Crippen LogP contribution in [0.3, 0.4) is 0 Å². The molecular formula is C17H24N2O4. The number of primary amides is 1. The number of nitrogens with one attached hydrogen (secondary N) is 1. The molecule has 2 aliphatic rings. The summed E-state index contributed by atoms with van der Waals surface area (Å²) in [4.78, 5) is 23.1. The summed E-state index contributed by atoms with van der Waals surface area (Å²) >= 11 is 0. The third kappa shape index (κ3) is 3.42. The van der Waals surface area contributed by atoms with Gasteiger partial charge in [0.05, 0.1) is 12.1 Å². The fraction of sp³-hybridized carbons (Fsp3) is 0.647. The lowest BCUT2D eigenvalue weighted by atomic mass is 9.61. The van der Waals surface area contributed by atoms with E-state index in [4.69, 9.17) is 10.2 Å². The first kappa shape index (κ1) is 16.1. The number of rotatable bonds is 5. The highest BCUT2D eigenvalue weighted by Crippen LogP contribution is 2.48. The topological polar surface area (TPSA) is 106 Å². The molecule has 0 saturated heterocycles. The zero-order valence-corrected chi connectivity index (χ0v) is 13.2.